The largest absolute Gasteiger partial charge is 0.494 e. The standard InChI is InChI=1S/C43H40BNO2/c1-41(2)39-27-33(44-46-42(3,4)43(5,6)47-44)19-24-37(39)38-25-23-36(28-40(38)41)45(35-22-18-30-14-10-11-15-32(30)26-35)34-20-16-31(17-21-34)29-12-8-7-9-13-29/h7-28H,1-6H3. The Hall–Kier alpha value is -4.64. The van der Waals surface area contributed by atoms with E-state index in [1.807, 2.05) is 0 Å². The summed E-state index contributed by atoms with van der Waals surface area (Å²) in [6.07, 6.45) is 0. The van der Waals surface area contributed by atoms with E-state index in [1.54, 1.807) is 0 Å². The van der Waals surface area contributed by atoms with Crippen molar-refractivity contribution in [1.29, 1.82) is 0 Å². The van der Waals surface area contributed by atoms with Crippen molar-refractivity contribution < 1.29 is 9.31 Å². The van der Waals surface area contributed by atoms with Crippen LogP contribution >= 0.6 is 0 Å². The molecule has 232 valence electrons. The molecule has 0 amide bonds. The Morgan fingerprint density at radius 2 is 1.00 bits per heavy atom. The van der Waals surface area contributed by atoms with Crippen LogP contribution in [0, 0.1) is 0 Å². The Bertz CT molecular complexity index is 2120. The van der Waals surface area contributed by atoms with Crippen molar-refractivity contribution in [3.05, 3.63) is 145 Å². The van der Waals surface area contributed by atoms with Crippen LogP contribution in [0.15, 0.2) is 133 Å². The Kier molecular flexibility index (Phi) is 6.77. The highest BCUT2D eigenvalue weighted by Gasteiger charge is 2.52. The van der Waals surface area contributed by atoms with E-state index in [-0.39, 0.29) is 23.7 Å². The van der Waals surface area contributed by atoms with Gasteiger partial charge in [0.15, 0.2) is 0 Å². The predicted octanol–water partition coefficient (Wildman–Crippen LogP) is 10.6. The fourth-order valence-electron chi connectivity index (χ4n) is 7.20. The summed E-state index contributed by atoms with van der Waals surface area (Å²) >= 11 is 0. The first-order valence-electron chi connectivity index (χ1n) is 16.6. The topological polar surface area (TPSA) is 21.7 Å². The van der Waals surface area contributed by atoms with Gasteiger partial charge in [-0.1, -0.05) is 111 Å². The van der Waals surface area contributed by atoms with E-state index in [0.717, 1.165) is 22.5 Å². The van der Waals surface area contributed by atoms with Crippen molar-refractivity contribution >= 4 is 40.4 Å². The highest BCUT2D eigenvalue weighted by atomic mass is 16.7. The normalized spacial score (nSPS) is 17.0. The molecule has 0 saturated carbocycles. The van der Waals surface area contributed by atoms with Crippen molar-refractivity contribution in [2.75, 3.05) is 4.90 Å². The zero-order valence-corrected chi connectivity index (χ0v) is 28.0. The van der Waals surface area contributed by atoms with Crippen molar-refractivity contribution in [2.24, 2.45) is 0 Å². The SMILES string of the molecule is CC1(C)c2cc(B3OC(C)(C)C(C)(C)O3)ccc2-c2ccc(N(c3ccc(-c4ccccc4)cc3)c3ccc4ccccc4c3)cc21. The lowest BCUT2D eigenvalue weighted by molar-refractivity contribution is 0.00578. The molecule has 0 unspecified atom stereocenters. The Morgan fingerprint density at radius 1 is 0.468 bits per heavy atom. The molecule has 0 atom stereocenters. The number of rotatable bonds is 5. The minimum absolute atomic E-state index is 0.202. The average molecular weight is 614 g/mol. The first-order valence-corrected chi connectivity index (χ1v) is 16.6. The molecule has 1 heterocycles. The van der Waals surface area contributed by atoms with Gasteiger partial charge >= 0.3 is 7.12 Å². The van der Waals surface area contributed by atoms with Gasteiger partial charge in [-0.15, -0.1) is 0 Å². The number of hydrogen-bond donors (Lipinski definition) is 0. The summed E-state index contributed by atoms with van der Waals surface area (Å²) in [5, 5.41) is 2.46. The first kappa shape index (κ1) is 29.7. The molecule has 47 heavy (non-hydrogen) atoms. The second kappa shape index (κ2) is 10.7. The highest BCUT2D eigenvalue weighted by Crippen LogP contribution is 2.51. The van der Waals surface area contributed by atoms with Gasteiger partial charge in [-0.2, -0.15) is 0 Å². The monoisotopic (exact) mass is 613 g/mol. The Balaban J connectivity index is 1.21. The van der Waals surface area contributed by atoms with E-state index in [4.69, 9.17) is 9.31 Å². The minimum atomic E-state index is -0.386. The van der Waals surface area contributed by atoms with Gasteiger partial charge in [-0.05, 0) is 114 Å². The lowest BCUT2D eigenvalue weighted by atomic mass is 9.74. The molecular weight excluding hydrogens is 573 g/mol. The maximum absolute atomic E-state index is 6.44. The smallest absolute Gasteiger partial charge is 0.399 e. The molecular formula is C43H40BNO2. The maximum Gasteiger partial charge on any atom is 0.494 e. The summed E-state index contributed by atoms with van der Waals surface area (Å²) in [4.78, 5) is 2.39. The Labute approximate surface area is 278 Å². The van der Waals surface area contributed by atoms with Crippen LogP contribution in [-0.4, -0.2) is 18.3 Å². The summed E-state index contributed by atoms with van der Waals surface area (Å²) in [5.41, 5.74) is 11.1. The molecule has 0 radical (unpaired) electrons. The molecule has 6 aromatic carbocycles. The summed E-state index contributed by atoms with van der Waals surface area (Å²) in [5.74, 6) is 0. The zero-order chi connectivity index (χ0) is 32.6. The quantitative estimate of drug-likeness (QED) is 0.181. The second-order valence-corrected chi connectivity index (χ2v) is 14.5. The van der Waals surface area contributed by atoms with Crippen molar-refractivity contribution in [3.63, 3.8) is 0 Å². The number of benzene rings is 6. The van der Waals surface area contributed by atoms with Crippen molar-refractivity contribution in [1.82, 2.24) is 0 Å². The summed E-state index contributed by atoms with van der Waals surface area (Å²) < 4.78 is 12.9. The molecule has 1 aliphatic carbocycles. The van der Waals surface area contributed by atoms with Crippen LogP contribution in [0.4, 0.5) is 17.1 Å². The van der Waals surface area contributed by atoms with Crippen LogP contribution in [0.3, 0.4) is 0 Å². The van der Waals surface area contributed by atoms with E-state index in [1.165, 1.54) is 44.2 Å². The first-order chi connectivity index (χ1) is 22.5. The molecule has 1 fully saturated rings. The van der Waals surface area contributed by atoms with Crippen LogP contribution in [-0.2, 0) is 14.7 Å². The fraction of sp³-hybridized carbons (Fsp3) is 0.209. The molecule has 6 aromatic rings. The third-order valence-corrected chi connectivity index (χ3v) is 10.7. The van der Waals surface area contributed by atoms with Gasteiger partial charge in [-0.25, -0.2) is 0 Å². The number of nitrogens with zero attached hydrogens (tertiary/aromatic N) is 1. The van der Waals surface area contributed by atoms with Gasteiger partial charge in [0.05, 0.1) is 11.2 Å². The van der Waals surface area contributed by atoms with E-state index in [0.29, 0.717) is 0 Å². The number of fused-ring (bicyclic) bond motifs is 4. The minimum Gasteiger partial charge on any atom is -0.399 e. The van der Waals surface area contributed by atoms with Crippen LogP contribution < -0.4 is 10.4 Å². The van der Waals surface area contributed by atoms with E-state index in [2.05, 4.69) is 180 Å². The van der Waals surface area contributed by atoms with Gasteiger partial charge in [0, 0.05) is 22.5 Å². The molecule has 0 aromatic heterocycles. The van der Waals surface area contributed by atoms with E-state index >= 15 is 0 Å². The molecule has 0 spiro atoms. The molecule has 1 aliphatic heterocycles. The predicted molar refractivity (Wildman–Crippen MR) is 197 cm³/mol. The molecule has 0 bridgehead atoms. The van der Waals surface area contributed by atoms with Gasteiger partial charge in [-0.3, -0.25) is 0 Å². The third-order valence-electron chi connectivity index (χ3n) is 10.7. The highest BCUT2D eigenvalue weighted by molar-refractivity contribution is 6.62. The van der Waals surface area contributed by atoms with Gasteiger partial charge in [0.2, 0.25) is 0 Å². The number of hydrogen-bond acceptors (Lipinski definition) is 3. The lowest BCUT2D eigenvalue weighted by Gasteiger charge is -2.32. The lowest BCUT2D eigenvalue weighted by Crippen LogP contribution is -2.41. The molecule has 2 aliphatic rings. The molecule has 8 rings (SSSR count). The van der Waals surface area contributed by atoms with Crippen LogP contribution in [0.5, 0.6) is 0 Å². The van der Waals surface area contributed by atoms with Crippen molar-refractivity contribution in [2.45, 2.75) is 58.2 Å². The van der Waals surface area contributed by atoms with Gasteiger partial charge < -0.3 is 14.2 Å². The van der Waals surface area contributed by atoms with Crippen LogP contribution in [0.25, 0.3) is 33.0 Å². The average Bonchev–Trinajstić information content (AvgIpc) is 3.44. The summed E-state index contributed by atoms with van der Waals surface area (Å²) in [7, 11) is -0.386. The summed E-state index contributed by atoms with van der Waals surface area (Å²) in [6, 6.07) is 48.5. The van der Waals surface area contributed by atoms with Crippen LogP contribution in [0.1, 0.15) is 52.7 Å². The fourth-order valence-corrected chi connectivity index (χ4v) is 7.20. The third kappa shape index (κ3) is 4.90. The maximum atomic E-state index is 6.44. The molecule has 4 heteroatoms. The number of anilines is 3. The van der Waals surface area contributed by atoms with Crippen LogP contribution in [0.2, 0.25) is 0 Å². The molecule has 1 saturated heterocycles. The Morgan fingerprint density at radius 3 is 1.70 bits per heavy atom. The van der Waals surface area contributed by atoms with E-state index in [9.17, 15) is 0 Å². The van der Waals surface area contributed by atoms with E-state index < -0.39 is 0 Å². The van der Waals surface area contributed by atoms with Gasteiger partial charge in [0.1, 0.15) is 0 Å². The second-order valence-electron chi connectivity index (χ2n) is 14.5. The van der Waals surface area contributed by atoms with Crippen molar-refractivity contribution in [3.8, 4) is 22.3 Å². The molecule has 0 N–H and O–H groups in total. The zero-order valence-electron chi connectivity index (χ0n) is 28.0. The molecule has 3 nitrogen and oxygen atoms in total. The summed E-state index contributed by atoms with van der Waals surface area (Å²) in [6.45, 7) is 13.1. The van der Waals surface area contributed by atoms with Gasteiger partial charge in [0.25, 0.3) is 0 Å².